The fraction of sp³-hybridized carbons (Fsp3) is 0.200. The second kappa shape index (κ2) is 5.06. The van der Waals surface area contributed by atoms with Crippen LogP contribution in [-0.2, 0) is 0 Å². The summed E-state index contributed by atoms with van der Waals surface area (Å²) in [6.45, 7) is 3.20. The molecular formula is C10H8N4OS. The van der Waals surface area contributed by atoms with Crippen LogP contribution in [0.3, 0.4) is 0 Å². The summed E-state index contributed by atoms with van der Waals surface area (Å²) >= 11 is 1.20. The molecule has 0 aliphatic heterocycles. The van der Waals surface area contributed by atoms with E-state index in [2.05, 4.69) is 10.3 Å². The summed E-state index contributed by atoms with van der Waals surface area (Å²) in [5.41, 5.74) is 0.598. The molecule has 1 N–H and O–H groups in total. The lowest BCUT2D eigenvalue weighted by molar-refractivity contribution is 0.102. The number of nitrogens with one attached hydrogen (secondary N) is 1. The van der Waals surface area contributed by atoms with Gasteiger partial charge in [0.2, 0.25) is 0 Å². The molecule has 0 spiro atoms. The Morgan fingerprint density at radius 2 is 2.12 bits per heavy atom. The lowest BCUT2D eigenvalue weighted by atomic mass is 10.3. The Labute approximate surface area is 96.7 Å². The topological polar surface area (TPSA) is 89.6 Å². The molecule has 0 radical (unpaired) electrons. The maximum absolute atomic E-state index is 11.2. The van der Waals surface area contributed by atoms with Gasteiger partial charge in [0.1, 0.15) is 17.7 Å². The van der Waals surface area contributed by atoms with E-state index in [0.29, 0.717) is 15.7 Å². The molecule has 5 nitrogen and oxygen atoms in total. The summed E-state index contributed by atoms with van der Waals surface area (Å²) in [6.07, 6.45) is 1.27. The first kappa shape index (κ1) is 11.9. The predicted molar refractivity (Wildman–Crippen MR) is 59.8 cm³/mol. The minimum absolute atomic E-state index is 0.0442. The third-order valence-corrected chi connectivity index (χ3v) is 2.89. The average molecular weight is 232 g/mol. The second-order valence-corrected chi connectivity index (χ2v) is 3.91. The minimum Gasteiger partial charge on any atom is -0.336 e. The van der Waals surface area contributed by atoms with Crippen molar-refractivity contribution in [3.05, 3.63) is 22.3 Å². The second-order valence-electron chi connectivity index (χ2n) is 2.92. The first-order valence-electron chi connectivity index (χ1n) is 4.33. The molecule has 0 saturated carbocycles. The van der Waals surface area contributed by atoms with E-state index in [1.165, 1.54) is 24.5 Å². The number of rotatable bonds is 3. The number of hydrogen-bond acceptors (Lipinski definition) is 6. The zero-order chi connectivity index (χ0) is 12.1. The molecule has 0 atom stereocenters. The number of nitriles is 2. The number of aromatic nitrogens is 1. The van der Waals surface area contributed by atoms with Gasteiger partial charge in [0.15, 0.2) is 10.9 Å². The van der Waals surface area contributed by atoms with Crippen LogP contribution in [0.5, 0.6) is 0 Å². The molecule has 16 heavy (non-hydrogen) atoms. The Morgan fingerprint density at radius 3 is 2.56 bits per heavy atom. The number of aryl methyl sites for hydroxylation is 1. The Kier molecular flexibility index (Phi) is 3.76. The highest BCUT2D eigenvalue weighted by Gasteiger charge is 2.10. The lowest BCUT2D eigenvalue weighted by Gasteiger charge is -1.90. The first-order chi connectivity index (χ1) is 7.58. The van der Waals surface area contributed by atoms with Crippen LogP contribution in [0.4, 0.5) is 5.13 Å². The number of carbonyl (C=O) groups excluding carboxylic acids is 1. The monoisotopic (exact) mass is 232 g/mol. The lowest BCUT2D eigenvalue weighted by Crippen LogP contribution is -1.90. The van der Waals surface area contributed by atoms with Gasteiger partial charge in [0, 0.05) is 13.1 Å². The van der Waals surface area contributed by atoms with Crippen LogP contribution in [-0.4, -0.2) is 10.8 Å². The molecule has 0 bridgehead atoms. The van der Waals surface area contributed by atoms with Gasteiger partial charge in [-0.15, -0.1) is 0 Å². The first-order valence-corrected chi connectivity index (χ1v) is 5.15. The quantitative estimate of drug-likeness (QED) is 0.635. The van der Waals surface area contributed by atoms with Gasteiger partial charge in [-0.3, -0.25) is 4.79 Å². The molecule has 0 aliphatic rings. The van der Waals surface area contributed by atoms with Gasteiger partial charge >= 0.3 is 0 Å². The Morgan fingerprint density at radius 1 is 1.50 bits per heavy atom. The summed E-state index contributed by atoms with van der Waals surface area (Å²) < 4.78 is 0. The van der Waals surface area contributed by atoms with Crippen molar-refractivity contribution in [1.82, 2.24) is 4.98 Å². The van der Waals surface area contributed by atoms with Gasteiger partial charge in [-0.1, -0.05) is 11.3 Å². The van der Waals surface area contributed by atoms with Crippen molar-refractivity contribution < 1.29 is 4.79 Å². The molecule has 0 fully saturated rings. The number of Topliss-reactive ketones (excluding diaryl/α,β-unsaturated/α-hetero) is 1. The smallest absolute Gasteiger partial charge is 0.187 e. The minimum atomic E-state index is -0.0483. The predicted octanol–water partition coefficient (Wildman–Crippen LogP) is 2.00. The summed E-state index contributed by atoms with van der Waals surface area (Å²) in [7, 11) is 0. The molecule has 0 amide bonds. The largest absolute Gasteiger partial charge is 0.336 e. The van der Waals surface area contributed by atoms with Crippen molar-refractivity contribution in [1.29, 1.82) is 10.5 Å². The summed E-state index contributed by atoms with van der Waals surface area (Å²) in [6, 6.07) is 3.43. The van der Waals surface area contributed by atoms with E-state index in [9.17, 15) is 4.79 Å². The van der Waals surface area contributed by atoms with Crippen molar-refractivity contribution >= 4 is 22.3 Å². The fourth-order valence-electron chi connectivity index (χ4n) is 1.01. The van der Waals surface area contributed by atoms with Crippen LogP contribution in [0.15, 0.2) is 11.8 Å². The maximum atomic E-state index is 11.2. The van der Waals surface area contributed by atoms with Crippen LogP contribution < -0.4 is 5.32 Å². The number of hydrogen-bond donors (Lipinski definition) is 1. The number of thiazole rings is 1. The van der Waals surface area contributed by atoms with Crippen molar-refractivity contribution in [3.8, 4) is 12.1 Å². The standard InChI is InChI=1S/C10H8N4OS/c1-6-9(7(2)15)16-10(14-6)13-5-8(3-11)4-12/h5H,1-2H3,(H,13,14). The van der Waals surface area contributed by atoms with Gasteiger partial charge < -0.3 is 5.32 Å². The van der Waals surface area contributed by atoms with E-state index in [1.54, 1.807) is 19.1 Å². The van der Waals surface area contributed by atoms with Crippen LogP contribution >= 0.6 is 11.3 Å². The Hall–Kier alpha value is -2.18. The summed E-state index contributed by atoms with van der Waals surface area (Å²) in [5, 5.41) is 20.2. The zero-order valence-corrected chi connectivity index (χ0v) is 9.55. The molecule has 1 rings (SSSR count). The highest BCUT2D eigenvalue weighted by Crippen LogP contribution is 2.22. The van der Waals surface area contributed by atoms with E-state index in [1.807, 2.05) is 0 Å². The van der Waals surface area contributed by atoms with Crippen LogP contribution in [0.1, 0.15) is 22.3 Å². The molecule has 1 heterocycles. The molecule has 80 valence electrons. The highest BCUT2D eigenvalue weighted by atomic mass is 32.1. The van der Waals surface area contributed by atoms with Crippen molar-refractivity contribution in [2.45, 2.75) is 13.8 Å². The molecule has 0 aliphatic carbocycles. The van der Waals surface area contributed by atoms with Crippen molar-refractivity contribution in [2.75, 3.05) is 5.32 Å². The Bertz CT molecular complexity index is 514. The number of nitrogens with zero attached hydrogens (tertiary/aromatic N) is 3. The van der Waals surface area contributed by atoms with Crippen LogP contribution in [0.25, 0.3) is 0 Å². The average Bonchev–Trinajstić information content (AvgIpc) is 2.61. The summed E-state index contributed by atoms with van der Waals surface area (Å²) in [4.78, 5) is 15.8. The molecular weight excluding hydrogens is 224 g/mol. The van der Waals surface area contributed by atoms with Crippen LogP contribution in [0, 0.1) is 29.6 Å². The van der Waals surface area contributed by atoms with E-state index < -0.39 is 0 Å². The van der Waals surface area contributed by atoms with Crippen molar-refractivity contribution in [3.63, 3.8) is 0 Å². The van der Waals surface area contributed by atoms with E-state index >= 15 is 0 Å². The van der Waals surface area contributed by atoms with Gasteiger partial charge in [0.25, 0.3) is 0 Å². The van der Waals surface area contributed by atoms with Gasteiger partial charge in [-0.2, -0.15) is 10.5 Å². The molecule has 0 unspecified atom stereocenters. The zero-order valence-electron chi connectivity index (χ0n) is 8.74. The van der Waals surface area contributed by atoms with E-state index in [0.717, 1.165) is 0 Å². The third kappa shape index (κ3) is 2.66. The summed E-state index contributed by atoms with van der Waals surface area (Å²) in [5.74, 6) is -0.0483. The van der Waals surface area contributed by atoms with Gasteiger partial charge in [-0.05, 0) is 6.92 Å². The molecule has 0 aromatic carbocycles. The number of carbonyl (C=O) groups is 1. The molecule has 1 aromatic rings. The SMILES string of the molecule is CC(=O)c1sc(NC=C(C#N)C#N)nc1C. The normalized spacial score (nSPS) is 8.75. The molecule has 1 aromatic heterocycles. The maximum Gasteiger partial charge on any atom is 0.187 e. The fourth-order valence-corrected chi connectivity index (χ4v) is 1.84. The number of ketones is 1. The molecule has 0 saturated heterocycles. The van der Waals surface area contributed by atoms with E-state index in [4.69, 9.17) is 10.5 Å². The van der Waals surface area contributed by atoms with Gasteiger partial charge in [0.05, 0.1) is 10.6 Å². The number of anilines is 1. The molecule has 6 heteroatoms. The van der Waals surface area contributed by atoms with E-state index in [-0.39, 0.29) is 11.4 Å². The van der Waals surface area contributed by atoms with Gasteiger partial charge in [-0.25, -0.2) is 4.98 Å². The van der Waals surface area contributed by atoms with Crippen molar-refractivity contribution in [2.24, 2.45) is 0 Å². The van der Waals surface area contributed by atoms with Crippen LogP contribution in [0.2, 0.25) is 0 Å². The Balaban J connectivity index is 2.90. The number of allylic oxidation sites excluding steroid dienone is 1. The third-order valence-electron chi connectivity index (χ3n) is 1.70. The highest BCUT2D eigenvalue weighted by molar-refractivity contribution is 7.17.